The van der Waals surface area contributed by atoms with E-state index in [-0.39, 0.29) is 0 Å². The minimum atomic E-state index is -0.831. The summed E-state index contributed by atoms with van der Waals surface area (Å²) in [6, 6.07) is 7.57. The number of carboxylic acids is 1. The Balaban J connectivity index is 2.26. The molecule has 3 N–H and O–H groups in total. The molecular weight excluding hydrogens is 284 g/mol. The summed E-state index contributed by atoms with van der Waals surface area (Å²) in [5, 5.41) is 14.7. The zero-order valence-electron chi connectivity index (χ0n) is 9.74. The van der Waals surface area contributed by atoms with Crippen molar-refractivity contribution in [3.63, 3.8) is 0 Å². The molecule has 5 heteroatoms. The van der Waals surface area contributed by atoms with Crippen LogP contribution in [0.5, 0.6) is 0 Å². The zero-order valence-corrected chi connectivity index (χ0v) is 11.3. The van der Waals surface area contributed by atoms with Crippen LogP contribution in [0.25, 0.3) is 0 Å². The maximum Gasteiger partial charge on any atom is 0.322 e. The maximum absolute atomic E-state index is 10.7. The number of nitrogens with one attached hydrogen (secondary N) is 2. The van der Waals surface area contributed by atoms with Crippen molar-refractivity contribution in [2.45, 2.75) is 12.5 Å². The van der Waals surface area contributed by atoms with Crippen molar-refractivity contribution in [2.24, 2.45) is 0 Å². The van der Waals surface area contributed by atoms with E-state index in [2.05, 4.69) is 38.7 Å². The lowest BCUT2D eigenvalue weighted by atomic mass is 10.1. The first kappa shape index (κ1) is 14.2. The van der Waals surface area contributed by atoms with Crippen LogP contribution in [0.4, 0.5) is 0 Å². The van der Waals surface area contributed by atoms with E-state index in [9.17, 15) is 4.79 Å². The van der Waals surface area contributed by atoms with Crippen molar-refractivity contribution in [1.29, 1.82) is 0 Å². The average molecular weight is 301 g/mol. The molecule has 94 valence electrons. The van der Waals surface area contributed by atoms with E-state index in [4.69, 9.17) is 5.11 Å². The maximum atomic E-state index is 10.7. The van der Waals surface area contributed by atoms with Crippen molar-refractivity contribution < 1.29 is 9.90 Å². The molecule has 1 rings (SSSR count). The first-order valence-electron chi connectivity index (χ1n) is 5.48. The lowest BCUT2D eigenvalue weighted by Gasteiger charge is -2.12. The number of benzene rings is 1. The van der Waals surface area contributed by atoms with Crippen LogP contribution in [0, 0.1) is 0 Å². The summed E-state index contributed by atoms with van der Waals surface area (Å²) >= 11 is 3.42. The molecule has 1 unspecified atom stereocenters. The van der Waals surface area contributed by atoms with Crippen LogP contribution in [0.3, 0.4) is 0 Å². The summed E-state index contributed by atoms with van der Waals surface area (Å²) in [4.78, 5) is 10.7. The third-order valence-electron chi connectivity index (χ3n) is 2.47. The molecule has 0 radical (unpaired) electrons. The fraction of sp³-hybridized carbons (Fsp3) is 0.417. The highest BCUT2D eigenvalue weighted by atomic mass is 79.9. The minimum absolute atomic E-state index is 0.430. The molecule has 1 aromatic rings. The molecule has 0 heterocycles. The predicted octanol–water partition coefficient (Wildman–Crippen LogP) is 1.25. The molecule has 0 fully saturated rings. The monoisotopic (exact) mass is 300 g/mol. The van der Waals surface area contributed by atoms with E-state index < -0.39 is 12.0 Å². The summed E-state index contributed by atoms with van der Waals surface area (Å²) in [6.45, 7) is 1.20. The van der Waals surface area contributed by atoms with E-state index >= 15 is 0 Å². The van der Waals surface area contributed by atoms with Crippen LogP contribution < -0.4 is 10.6 Å². The van der Waals surface area contributed by atoms with Gasteiger partial charge in [-0.25, -0.2) is 0 Å². The predicted molar refractivity (Wildman–Crippen MR) is 71.2 cm³/mol. The Hall–Kier alpha value is -0.910. The number of halogens is 1. The Morgan fingerprint density at radius 3 is 2.88 bits per heavy atom. The van der Waals surface area contributed by atoms with E-state index in [1.54, 1.807) is 7.05 Å². The second-order valence-corrected chi connectivity index (χ2v) is 4.68. The first-order chi connectivity index (χ1) is 8.13. The van der Waals surface area contributed by atoms with E-state index in [1.807, 2.05) is 12.1 Å². The number of carboxylic acid groups (broad SMARTS) is 1. The van der Waals surface area contributed by atoms with Gasteiger partial charge in [0.05, 0.1) is 0 Å². The first-order valence-corrected chi connectivity index (χ1v) is 6.28. The molecule has 0 aliphatic carbocycles. The smallest absolute Gasteiger partial charge is 0.322 e. The SMILES string of the molecule is CNC(CNCCc1cccc(Br)c1)C(=O)O. The molecule has 17 heavy (non-hydrogen) atoms. The molecular formula is C12H17BrN2O2. The molecule has 1 aromatic carbocycles. The Bertz CT molecular complexity index is 371. The molecule has 0 amide bonds. The molecule has 1 atom stereocenters. The molecule has 0 aliphatic heterocycles. The lowest BCUT2D eigenvalue weighted by molar-refractivity contribution is -0.139. The van der Waals surface area contributed by atoms with Gasteiger partial charge >= 0.3 is 5.97 Å². The molecule has 0 aliphatic rings. The Morgan fingerprint density at radius 2 is 2.29 bits per heavy atom. The van der Waals surface area contributed by atoms with Gasteiger partial charge in [0.2, 0.25) is 0 Å². The van der Waals surface area contributed by atoms with Crippen LogP contribution in [0.2, 0.25) is 0 Å². The highest BCUT2D eigenvalue weighted by molar-refractivity contribution is 9.10. The van der Waals surface area contributed by atoms with Gasteiger partial charge in [-0.15, -0.1) is 0 Å². The summed E-state index contributed by atoms with van der Waals surface area (Å²) in [5.74, 6) is -0.831. The Kier molecular flexibility index (Phi) is 6.18. The average Bonchev–Trinajstić information content (AvgIpc) is 2.28. The van der Waals surface area contributed by atoms with Crippen molar-refractivity contribution in [2.75, 3.05) is 20.1 Å². The normalized spacial score (nSPS) is 12.4. The van der Waals surface area contributed by atoms with Crippen LogP contribution in [-0.2, 0) is 11.2 Å². The lowest BCUT2D eigenvalue weighted by Crippen LogP contribution is -2.43. The zero-order chi connectivity index (χ0) is 12.7. The van der Waals surface area contributed by atoms with E-state index in [0.717, 1.165) is 17.4 Å². The van der Waals surface area contributed by atoms with Crippen LogP contribution in [0.15, 0.2) is 28.7 Å². The molecule has 0 spiro atoms. The fourth-order valence-corrected chi connectivity index (χ4v) is 1.93. The minimum Gasteiger partial charge on any atom is -0.480 e. The van der Waals surface area contributed by atoms with Gasteiger partial charge in [0.1, 0.15) is 6.04 Å². The number of aliphatic carboxylic acids is 1. The highest BCUT2D eigenvalue weighted by Gasteiger charge is 2.13. The Labute approximate surface area is 110 Å². The van der Waals surface area contributed by atoms with Crippen molar-refractivity contribution >= 4 is 21.9 Å². The molecule has 0 saturated carbocycles. The van der Waals surface area contributed by atoms with Gasteiger partial charge in [0.15, 0.2) is 0 Å². The van der Waals surface area contributed by atoms with Gasteiger partial charge in [-0.3, -0.25) is 4.79 Å². The van der Waals surface area contributed by atoms with Crippen LogP contribution >= 0.6 is 15.9 Å². The van der Waals surface area contributed by atoms with Gasteiger partial charge in [-0.05, 0) is 37.7 Å². The fourth-order valence-electron chi connectivity index (χ4n) is 1.48. The van der Waals surface area contributed by atoms with Crippen molar-refractivity contribution in [3.8, 4) is 0 Å². The van der Waals surface area contributed by atoms with E-state index in [0.29, 0.717) is 6.54 Å². The molecule has 4 nitrogen and oxygen atoms in total. The Morgan fingerprint density at radius 1 is 1.53 bits per heavy atom. The molecule has 0 saturated heterocycles. The van der Waals surface area contributed by atoms with Gasteiger partial charge in [0.25, 0.3) is 0 Å². The van der Waals surface area contributed by atoms with Crippen LogP contribution in [0.1, 0.15) is 5.56 Å². The standard InChI is InChI=1S/C12H17BrN2O2/c1-14-11(12(16)17)8-15-6-5-9-3-2-4-10(13)7-9/h2-4,7,11,14-15H,5-6,8H2,1H3,(H,16,17). The quantitative estimate of drug-likeness (QED) is 0.664. The third-order valence-corrected chi connectivity index (χ3v) is 2.97. The van der Waals surface area contributed by atoms with Crippen LogP contribution in [-0.4, -0.2) is 37.3 Å². The summed E-state index contributed by atoms with van der Waals surface area (Å²) < 4.78 is 1.06. The number of hydrogen-bond acceptors (Lipinski definition) is 3. The number of hydrogen-bond donors (Lipinski definition) is 3. The summed E-state index contributed by atoms with van der Waals surface area (Å²) in [5.41, 5.74) is 1.23. The number of likely N-dealkylation sites (N-methyl/N-ethyl adjacent to an activating group) is 1. The van der Waals surface area contributed by atoms with Gasteiger partial charge in [0, 0.05) is 11.0 Å². The highest BCUT2D eigenvalue weighted by Crippen LogP contribution is 2.11. The van der Waals surface area contributed by atoms with Crippen molar-refractivity contribution in [3.05, 3.63) is 34.3 Å². The third kappa shape index (κ3) is 5.30. The summed E-state index contributed by atoms with van der Waals surface area (Å²) in [6.07, 6.45) is 0.884. The topological polar surface area (TPSA) is 61.4 Å². The summed E-state index contributed by atoms with van der Waals surface area (Å²) in [7, 11) is 1.65. The second kappa shape index (κ2) is 7.42. The van der Waals surface area contributed by atoms with Gasteiger partial charge < -0.3 is 15.7 Å². The van der Waals surface area contributed by atoms with E-state index in [1.165, 1.54) is 5.56 Å². The largest absolute Gasteiger partial charge is 0.480 e. The second-order valence-electron chi connectivity index (χ2n) is 3.76. The number of rotatable bonds is 7. The number of carbonyl (C=O) groups is 1. The van der Waals surface area contributed by atoms with Gasteiger partial charge in [-0.1, -0.05) is 28.1 Å². The molecule has 0 bridgehead atoms. The van der Waals surface area contributed by atoms with Gasteiger partial charge in [-0.2, -0.15) is 0 Å². The molecule has 0 aromatic heterocycles. The van der Waals surface area contributed by atoms with Crippen molar-refractivity contribution in [1.82, 2.24) is 10.6 Å².